The zero-order valence-electron chi connectivity index (χ0n) is 20.2. The van der Waals surface area contributed by atoms with Crippen LogP contribution in [0.2, 0.25) is 10.0 Å². The molecule has 2 aliphatic heterocycles. The van der Waals surface area contributed by atoms with Crippen LogP contribution in [0.15, 0.2) is 41.3 Å². The number of rotatable bonds is 5. The van der Waals surface area contributed by atoms with Gasteiger partial charge in [0.1, 0.15) is 6.54 Å². The highest BCUT2D eigenvalue weighted by Crippen LogP contribution is 2.40. The van der Waals surface area contributed by atoms with Gasteiger partial charge in [0.05, 0.1) is 22.7 Å². The topological polar surface area (TPSA) is 114 Å². The van der Waals surface area contributed by atoms with E-state index in [1.54, 1.807) is 35.2 Å². The van der Waals surface area contributed by atoms with E-state index in [2.05, 4.69) is 4.98 Å². The Balaban J connectivity index is 1.46. The number of halogens is 2. The average molecular weight is 559 g/mol. The van der Waals surface area contributed by atoms with Crippen molar-refractivity contribution in [2.75, 3.05) is 24.2 Å². The molecule has 0 bridgehead atoms. The van der Waals surface area contributed by atoms with Crippen LogP contribution < -0.4 is 10.6 Å². The minimum Gasteiger partial charge on any atom is -0.326 e. The number of nitrogens with zero attached hydrogens (tertiary/aromatic N) is 3. The molecule has 2 amide bonds. The molecule has 5 rings (SSSR count). The van der Waals surface area contributed by atoms with Crippen LogP contribution >= 0.6 is 23.2 Å². The number of amides is 2. The van der Waals surface area contributed by atoms with Crippen LogP contribution in [0, 0.1) is 6.92 Å². The molecule has 1 aromatic heterocycles. The number of aryl methyl sites for hydroxylation is 1. The number of sulfone groups is 1. The van der Waals surface area contributed by atoms with Gasteiger partial charge >= 0.3 is 0 Å². The van der Waals surface area contributed by atoms with Crippen molar-refractivity contribution in [2.24, 2.45) is 5.73 Å². The summed E-state index contributed by atoms with van der Waals surface area (Å²) in [5.41, 5.74) is 11.1. The van der Waals surface area contributed by atoms with Gasteiger partial charge in [0.15, 0.2) is 9.84 Å². The first-order chi connectivity index (χ1) is 17.5. The Morgan fingerprint density at radius 1 is 1.14 bits per heavy atom. The molecule has 192 valence electrons. The fourth-order valence-corrected chi connectivity index (χ4v) is 6.22. The molecule has 0 fully saturated rings. The quantitative estimate of drug-likeness (QED) is 0.509. The number of aromatic nitrogens is 1. The van der Waals surface area contributed by atoms with Crippen LogP contribution in [0.4, 0.5) is 5.69 Å². The Morgan fingerprint density at radius 3 is 2.57 bits per heavy atom. The fourth-order valence-electron chi connectivity index (χ4n) is 5.04. The molecule has 8 nitrogen and oxygen atoms in total. The number of benzene rings is 2. The van der Waals surface area contributed by atoms with Gasteiger partial charge in [0, 0.05) is 51.9 Å². The first kappa shape index (κ1) is 25.7. The van der Waals surface area contributed by atoms with Gasteiger partial charge in [-0.2, -0.15) is 0 Å². The van der Waals surface area contributed by atoms with E-state index in [-0.39, 0.29) is 36.3 Å². The molecule has 0 unspecified atom stereocenters. The maximum Gasteiger partial charge on any atom is 0.257 e. The number of carbonyl (C=O) groups excluding carboxylic acids is 2. The molecule has 0 saturated carbocycles. The lowest BCUT2D eigenvalue weighted by Crippen LogP contribution is -2.39. The maximum atomic E-state index is 13.6. The third-order valence-electron chi connectivity index (χ3n) is 6.83. The predicted octanol–water partition coefficient (Wildman–Crippen LogP) is 3.77. The number of anilines is 1. The second kappa shape index (κ2) is 9.40. The lowest BCUT2D eigenvalue weighted by atomic mass is 9.93. The lowest BCUT2D eigenvalue weighted by Gasteiger charge is -2.22. The number of hydrogen-bond donors (Lipinski definition) is 1. The van der Waals surface area contributed by atoms with Gasteiger partial charge in [-0.15, -0.1) is 0 Å². The summed E-state index contributed by atoms with van der Waals surface area (Å²) < 4.78 is 23.8. The van der Waals surface area contributed by atoms with Gasteiger partial charge in [-0.05, 0) is 54.8 Å². The van der Waals surface area contributed by atoms with E-state index in [9.17, 15) is 18.0 Å². The first-order valence-corrected chi connectivity index (χ1v) is 14.2. The minimum atomic E-state index is -3.35. The van der Waals surface area contributed by atoms with Gasteiger partial charge in [-0.1, -0.05) is 29.3 Å². The Hall–Kier alpha value is -2.98. The van der Waals surface area contributed by atoms with Gasteiger partial charge < -0.3 is 15.5 Å². The SMILES string of the molecule is Cc1nc2c(c(-c3ccc(Cl)cc3Cl)c1CN)C(=O)N(CC(=O)N1CCc3cc(S(C)(=O)=O)ccc31)C2. The van der Waals surface area contributed by atoms with E-state index in [1.807, 2.05) is 6.92 Å². The van der Waals surface area contributed by atoms with Gasteiger partial charge in [0.25, 0.3) is 5.91 Å². The van der Waals surface area contributed by atoms with Crippen molar-refractivity contribution in [3.63, 3.8) is 0 Å². The first-order valence-electron chi connectivity index (χ1n) is 11.6. The van der Waals surface area contributed by atoms with E-state index < -0.39 is 9.84 Å². The second-order valence-electron chi connectivity index (χ2n) is 9.22. The molecule has 0 saturated heterocycles. The summed E-state index contributed by atoms with van der Waals surface area (Å²) >= 11 is 12.6. The van der Waals surface area contributed by atoms with E-state index in [1.165, 1.54) is 11.0 Å². The highest BCUT2D eigenvalue weighted by Gasteiger charge is 2.37. The molecule has 11 heteroatoms. The Morgan fingerprint density at radius 2 is 1.89 bits per heavy atom. The van der Waals surface area contributed by atoms with Crippen molar-refractivity contribution in [3.8, 4) is 11.1 Å². The summed E-state index contributed by atoms with van der Waals surface area (Å²) in [6.45, 7) is 2.44. The summed E-state index contributed by atoms with van der Waals surface area (Å²) in [6, 6.07) is 9.83. The van der Waals surface area contributed by atoms with E-state index in [4.69, 9.17) is 28.9 Å². The van der Waals surface area contributed by atoms with E-state index in [0.717, 1.165) is 11.8 Å². The molecule has 3 heterocycles. The Labute approximate surface area is 224 Å². The van der Waals surface area contributed by atoms with E-state index in [0.29, 0.717) is 62.3 Å². The van der Waals surface area contributed by atoms with Crippen LogP contribution in [-0.2, 0) is 34.1 Å². The highest BCUT2D eigenvalue weighted by molar-refractivity contribution is 7.90. The summed E-state index contributed by atoms with van der Waals surface area (Å²) in [4.78, 5) is 34.9. The van der Waals surface area contributed by atoms with Gasteiger partial charge in [0.2, 0.25) is 5.91 Å². The van der Waals surface area contributed by atoms with Crippen LogP contribution in [0.5, 0.6) is 0 Å². The number of carbonyl (C=O) groups is 2. The van der Waals surface area contributed by atoms with Crippen molar-refractivity contribution in [2.45, 2.75) is 31.3 Å². The van der Waals surface area contributed by atoms with Crippen LogP contribution in [0.3, 0.4) is 0 Å². The standard InChI is InChI=1S/C26H24Cl2N4O4S/c1-14-19(11-29)24(18-5-3-16(27)10-20(18)28)25-21(30-14)12-31(26(25)34)13-23(33)32-8-7-15-9-17(37(2,35)36)4-6-22(15)32/h3-6,9-10H,7-8,11-13,29H2,1-2H3. The largest absolute Gasteiger partial charge is 0.326 e. The second-order valence-corrected chi connectivity index (χ2v) is 12.1. The third kappa shape index (κ3) is 4.50. The molecular formula is C26H24Cl2N4O4S. The molecule has 0 radical (unpaired) electrons. The monoisotopic (exact) mass is 558 g/mol. The molecule has 2 aliphatic rings. The van der Waals surface area contributed by atoms with Crippen molar-refractivity contribution in [1.29, 1.82) is 0 Å². The molecule has 3 aromatic rings. The summed E-state index contributed by atoms with van der Waals surface area (Å²) in [7, 11) is -3.35. The maximum absolute atomic E-state index is 13.6. The molecule has 37 heavy (non-hydrogen) atoms. The Bertz CT molecular complexity index is 1590. The number of nitrogens with two attached hydrogens (primary N) is 1. The lowest BCUT2D eigenvalue weighted by molar-refractivity contribution is -0.119. The third-order valence-corrected chi connectivity index (χ3v) is 8.49. The van der Waals surface area contributed by atoms with Crippen LogP contribution in [0.25, 0.3) is 11.1 Å². The van der Waals surface area contributed by atoms with Crippen LogP contribution in [0.1, 0.15) is 32.9 Å². The molecule has 0 aliphatic carbocycles. The van der Waals surface area contributed by atoms with Crippen molar-refractivity contribution < 1.29 is 18.0 Å². The molecule has 0 atom stereocenters. The summed E-state index contributed by atoms with van der Waals surface area (Å²) in [5.74, 6) is -0.577. The zero-order chi connectivity index (χ0) is 26.6. The minimum absolute atomic E-state index is 0.146. The molecule has 2 aromatic carbocycles. The fraction of sp³-hybridized carbons (Fsp3) is 0.269. The van der Waals surface area contributed by atoms with E-state index >= 15 is 0 Å². The zero-order valence-corrected chi connectivity index (χ0v) is 22.5. The molecule has 2 N–H and O–H groups in total. The summed E-state index contributed by atoms with van der Waals surface area (Å²) in [5, 5.41) is 0.859. The van der Waals surface area contributed by atoms with Gasteiger partial charge in [-0.25, -0.2) is 8.42 Å². The molecule has 0 spiro atoms. The van der Waals surface area contributed by atoms with Gasteiger partial charge in [-0.3, -0.25) is 14.6 Å². The smallest absolute Gasteiger partial charge is 0.257 e. The highest BCUT2D eigenvalue weighted by atomic mass is 35.5. The predicted molar refractivity (Wildman–Crippen MR) is 143 cm³/mol. The molecular weight excluding hydrogens is 535 g/mol. The summed E-state index contributed by atoms with van der Waals surface area (Å²) in [6.07, 6.45) is 1.69. The number of hydrogen-bond acceptors (Lipinski definition) is 6. The average Bonchev–Trinajstić information content (AvgIpc) is 3.38. The van der Waals surface area contributed by atoms with Crippen molar-refractivity contribution in [1.82, 2.24) is 9.88 Å². The Kier molecular flexibility index (Phi) is 6.52. The van der Waals surface area contributed by atoms with Crippen molar-refractivity contribution >= 4 is 50.5 Å². The van der Waals surface area contributed by atoms with Crippen molar-refractivity contribution in [3.05, 3.63) is 74.5 Å². The normalized spacial score (nSPS) is 14.8. The van der Waals surface area contributed by atoms with Crippen LogP contribution in [-0.4, -0.2) is 49.5 Å². The number of pyridine rings is 1. The number of fused-ring (bicyclic) bond motifs is 2.